The van der Waals surface area contributed by atoms with Crippen LogP contribution in [-0.4, -0.2) is 42.5 Å². The number of hydrogen-bond acceptors (Lipinski definition) is 7. The van der Waals surface area contributed by atoms with Gasteiger partial charge in [-0.3, -0.25) is 9.67 Å². The Labute approximate surface area is 269 Å². The van der Waals surface area contributed by atoms with Crippen LogP contribution in [0.15, 0.2) is 55.0 Å². The summed E-state index contributed by atoms with van der Waals surface area (Å²) in [5, 5.41) is 30.6. The maximum absolute atomic E-state index is 14.1. The number of fused-ring (bicyclic) bond motifs is 1. The van der Waals surface area contributed by atoms with Crippen molar-refractivity contribution < 1.29 is 13.2 Å². The summed E-state index contributed by atoms with van der Waals surface area (Å²) in [5.41, 5.74) is 3.43. The Morgan fingerprint density at radius 2 is 1.91 bits per heavy atom. The Morgan fingerprint density at radius 1 is 1.15 bits per heavy atom. The summed E-state index contributed by atoms with van der Waals surface area (Å²) in [6, 6.07) is 12.6. The SMILES string of the molecule is Cc1c(-c2ccn(C)n2)cccc1[C@H](Nc1cc(Cl)cc2c(NCC(C)(C)C)c(C#N)cnc12)c1cn(C2(C(F)(F)F)CC2)nn1. The number of nitriles is 1. The molecule has 0 bridgehead atoms. The number of rotatable bonds is 8. The van der Waals surface area contributed by atoms with Crippen molar-refractivity contribution in [1.29, 1.82) is 5.26 Å². The molecule has 13 heteroatoms. The molecule has 2 aromatic carbocycles. The van der Waals surface area contributed by atoms with E-state index in [4.69, 9.17) is 11.6 Å². The molecule has 1 fully saturated rings. The van der Waals surface area contributed by atoms with Crippen LogP contribution in [0.5, 0.6) is 0 Å². The summed E-state index contributed by atoms with van der Waals surface area (Å²) in [5.74, 6) is 0. The van der Waals surface area contributed by atoms with Gasteiger partial charge < -0.3 is 10.6 Å². The van der Waals surface area contributed by atoms with Gasteiger partial charge in [0, 0.05) is 42.0 Å². The van der Waals surface area contributed by atoms with Gasteiger partial charge in [-0.25, -0.2) is 4.68 Å². The Morgan fingerprint density at radius 3 is 2.54 bits per heavy atom. The lowest BCUT2D eigenvalue weighted by atomic mass is 9.93. The van der Waals surface area contributed by atoms with E-state index in [1.54, 1.807) is 16.8 Å². The van der Waals surface area contributed by atoms with Crippen molar-refractivity contribution in [2.24, 2.45) is 12.5 Å². The predicted molar refractivity (Wildman–Crippen MR) is 172 cm³/mol. The van der Waals surface area contributed by atoms with Gasteiger partial charge in [0.1, 0.15) is 11.8 Å². The molecule has 5 aromatic rings. The molecule has 46 heavy (non-hydrogen) atoms. The molecule has 0 aliphatic heterocycles. The molecule has 1 aliphatic rings. The topological polar surface area (TPSA) is 109 Å². The van der Waals surface area contributed by atoms with E-state index in [1.807, 2.05) is 44.4 Å². The smallest absolute Gasteiger partial charge is 0.383 e. The van der Waals surface area contributed by atoms with Crippen LogP contribution in [0, 0.1) is 23.7 Å². The number of halogens is 4. The van der Waals surface area contributed by atoms with Gasteiger partial charge in [-0.05, 0) is 54.5 Å². The maximum Gasteiger partial charge on any atom is 0.413 e. The van der Waals surface area contributed by atoms with E-state index in [2.05, 4.69) is 57.9 Å². The van der Waals surface area contributed by atoms with Crippen molar-refractivity contribution in [2.45, 2.75) is 58.3 Å². The molecular weight excluding hydrogens is 615 g/mol. The van der Waals surface area contributed by atoms with Crippen LogP contribution in [0.2, 0.25) is 5.02 Å². The third-order valence-electron chi connectivity index (χ3n) is 8.32. The molecule has 0 saturated heterocycles. The predicted octanol–water partition coefficient (Wildman–Crippen LogP) is 7.77. The second kappa shape index (κ2) is 11.3. The quantitative estimate of drug-likeness (QED) is 0.177. The molecule has 0 spiro atoms. The summed E-state index contributed by atoms with van der Waals surface area (Å²) < 4.78 is 44.8. The van der Waals surface area contributed by atoms with Gasteiger partial charge >= 0.3 is 6.18 Å². The molecule has 238 valence electrons. The minimum atomic E-state index is -4.46. The second-order valence-corrected chi connectivity index (χ2v) is 13.4. The van der Waals surface area contributed by atoms with Gasteiger partial charge in [0.25, 0.3) is 0 Å². The zero-order valence-corrected chi connectivity index (χ0v) is 26.8. The molecule has 0 amide bonds. The van der Waals surface area contributed by atoms with Crippen LogP contribution >= 0.6 is 11.6 Å². The molecule has 2 N–H and O–H groups in total. The third kappa shape index (κ3) is 5.75. The number of nitrogens with one attached hydrogen (secondary N) is 2. The van der Waals surface area contributed by atoms with E-state index in [0.717, 1.165) is 27.1 Å². The summed E-state index contributed by atoms with van der Waals surface area (Å²) in [7, 11) is 1.83. The zero-order valence-electron chi connectivity index (χ0n) is 26.0. The Balaban J connectivity index is 1.51. The van der Waals surface area contributed by atoms with Crippen molar-refractivity contribution >= 4 is 33.9 Å². The molecule has 1 saturated carbocycles. The average Bonchev–Trinajstić information content (AvgIpc) is 3.48. The Hall–Kier alpha value is -4.63. The monoisotopic (exact) mass is 647 g/mol. The van der Waals surface area contributed by atoms with Gasteiger partial charge in [-0.15, -0.1) is 5.10 Å². The number of benzene rings is 2. The van der Waals surface area contributed by atoms with Crippen molar-refractivity contribution in [3.05, 3.63) is 82.4 Å². The van der Waals surface area contributed by atoms with Crippen LogP contribution in [0.1, 0.15) is 62.0 Å². The zero-order chi connectivity index (χ0) is 33.0. The van der Waals surface area contributed by atoms with Crippen LogP contribution in [-0.2, 0) is 12.6 Å². The molecule has 9 nitrogen and oxygen atoms in total. The third-order valence-corrected chi connectivity index (χ3v) is 8.54. The lowest BCUT2D eigenvalue weighted by molar-refractivity contribution is -0.182. The fourth-order valence-corrected chi connectivity index (χ4v) is 5.87. The first-order valence-corrected chi connectivity index (χ1v) is 15.2. The number of aromatic nitrogens is 6. The lowest BCUT2D eigenvalue weighted by Gasteiger charge is -2.24. The summed E-state index contributed by atoms with van der Waals surface area (Å²) >= 11 is 6.67. The lowest BCUT2D eigenvalue weighted by Crippen LogP contribution is -2.35. The van der Waals surface area contributed by atoms with Gasteiger partial charge in [0.2, 0.25) is 0 Å². The largest absolute Gasteiger partial charge is 0.413 e. The number of anilines is 2. The van der Waals surface area contributed by atoms with Crippen molar-refractivity contribution in [3.8, 4) is 17.3 Å². The standard InChI is InChI=1S/C33H33ClF3N9/c1-19-22(25-9-12-45(5)43-25)7-6-8-23(19)30(27-17-46(44-42-27)32(10-11-32)33(35,36)37)41-26-14-21(34)13-24-28(40-18-31(2,3)4)20(15-38)16-39-29(24)26/h6-9,12-14,16-17,30,41H,10-11,18H2,1-5H3,(H,39,40)/t30-/m0/s1. The fourth-order valence-electron chi connectivity index (χ4n) is 5.65. The molecule has 0 radical (unpaired) electrons. The second-order valence-electron chi connectivity index (χ2n) is 13.0. The molecule has 3 aromatic heterocycles. The molecule has 6 rings (SSSR count). The molecular formula is C33H33ClF3N9. The first-order chi connectivity index (χ1) is 21.7. The minimum absolute atomic E-state index is 0.0556. The van der Waals surface area contributed by atoms with Gasteiger partial charge in [-0.1, -0.05) is 55.8 Å². The number of pyridine rings is 1. The molecule has 0 unspecified atom stereocenters. The first-order valence-electron chi connectivity index (χ1n) is 14.8. The normalized spacial score (nSPS) is 15.0. The van der Waals surface area contributed by atoms with E-state index in [0.29, 0.717) is 45.1 Å². The number of alkyl halides is 3. The van der Waals surface area contributed by atoms with Gasteiger partial charge in [0.15, 0.2) is 5.54 Å². The van der Waals surface area contributed by atoms with E-state index in [1.165, 1.54) is 12.4 Å². The highest BCUT2D eigenvalue weighted by Gasteiger charge is 2.66. The Kier molecular flexibility index (Phi) is 7.71. The fraction of sp³-hybridized carbons (Fsp3) is 0.364. The van der Waals surface area contributed by atoms with Crippen molar-refractivity contribution in [2.75, 3.05) is 17.2 Å². The molecule has 3 heterocycles. The summed E-state index contributed by atoms with van der Waals surface area (Å²) in [6.07, 6.45) is 0.150. The van der Waals surface area contributed by atoms with Crippen LogP contribution < -0.4 is 10.6 Å². The summed E-state index contributed by atoms with van der Waals surface area (Å²) in [4.78, 5) is 4.63. The van der Waals surface area contributed by atoms with Crippen LogP contribution in [0.25, 0.3) is 22.2 Å². The highest BCUT2D eigenvalue weighted by Crippen LogP contribution is 2.55. The van der Waals surface area contributed by atoms with Crippen molar-refractivity contribution in [1.82, 2.24) is 29.8 Å². The van der Waals surface area contributed by atoms with E-state index < -0.39 is 17.8 Å². The maximum atomic E-state index is 14.1. The summed E-state index contributed by atoms with van der Waals surface area (Å²) in [6.45, 7) is 8.78. The highest BCUT2D eigenvalue weighted by atomic mass is 35.5. The Bertz CT molecular complexity index is 1980. The average molecular weight is 648 g/mol. The van der Waals surface area contributed by atoms with Crippen LogP contribution in [0.3, 0.4) is 0 Å². The number of hydrogen-bond donors (Lipinski definition) is 2. The van der Waals surface area contributed by atoms with Crippen LogP contribution in [0.4, 0.5) is 24.5 Å². The number of nitrogens with zero attached hydrogens (tertiary/aromatic N) is 7. The molecule has 1 atom stereocenters. The first kappa shape index (κ1) is 31.4. The van der Waals surface area contributed by atoms with Gasteiger partial charge in [-0.2, -0.15) is 23.5 Å². The van der Waals surface area contributed by atoms with Crippen molar-refractivity contribution in [3.63, 3.8) is 0 Å². The van der Waals surface area contributed by atoms with E-state index in [-0.39, 0.29) is 18.3 Å². The minimum Gasteiger partial charge on any atom is -0.383 e. The van der Waals surface area contributed by atoms with E-state index in [9.17, 15) is 18.4 Å². The van der Waals surface area contributed by atoms with Gasteiger partial charge in [0.05, 0.1) is 40.4 Å². The highest BCUT2D eigenvalue weighted by molar-refractivity contribution is 6.32. The molecule has 1 aliphatic carbocycles. The number of aryl methyl sites for hydroxylation is 1. The van der Waals surface area contributed by atoms with E-state index >= 15 is 0 Å².